The van der Waals surface area contributed by atoms with E-state index in [9.17, 15) is 9.90 Å². The van der Waals surface area contributed by atoms with Gasteiger partial charge in [0.2, 0.25) is 0 Å². The summed E-state index contributed by atoms with van der Waals surface area (Å²) < 4.78 is 0. The predicted molar refractivity (Wildman–Crippen MR) is 106 cm³/mol. The molecule has 2 aromatic carbocycles. The van der Waals surface area contributed by atoms with Crippen molar-refractivity contribution in [3.8, 4) is 0 Å². The Bertz CT molecular complexity index is 753. The first-order chi connectivity index (χ1) is 12.4. The lowest BCUT2D eigenvalue weighted by atomic mass is 9.64. The molecule has 0 aliphatic heterocycles. The molecular weight excluding hydrogens is 348 g/mol. The minimum Gasteiger partial charge on any atom is -0.481 e. The maximum atomic E-state index is 11.6. The summed E-state index contributed by atoms with van der Waals surface area (Å²) in [6.07, 6.45) is 2.45. The molecule has 0 bridgehead atoms. The van der Waals surface area contributed by atoms with E-state index in [2.05, 4.69) is 24.3 Å². The molecule has 2 N–H and O–H groups in total. The van der Waals surface area contributed by atoms with E-state index in [1.54, 1.807) is 0 Å². The molecule has 26 heavy (non-hydrogen) atoms. The number of carboxylic acids is 1. The van der Waals surface area contributed by atoms with Crippen LogP contribution in [0.3, 0.4) is 0 Å². The molecule has 5 heteroatoms. The van der Waals surface area contributed by atoms with Crippen molar-refractivity contribution in [1.82, 2.24) is 4.90 Å². The van der Waals surface area contributed by atoms with E-state index in [1.807, 2.05) is 48.5 Å². The fourth-order valence-corrected chi connectivity index (χ4v) is 3.69. The number of rotatable bonds is 7. The van der Waals surface area contributed by atoms with Gasteiger partial charge in [-0.2, -0.15) is 0 Å². The number of benzene rings is 2. The zero-order chi connectivity index (χ0) is 18.7. The molecule has 1 aliphatic carbocycles. The quantitative estimate of drug-likeness (QED) is 0.748. The summed E-state index contributed by atoms with van der Waals surface area (Å²) in [7, 11) is 4.11. The van der Waals surface area contributed by atoms with Crippen LogP contribution in [0.4, 0.5) is 5.69 Å². The van der Waals surface area contributed by atoms with Crippen molar-refractivity contribution >= 4 is 23.3 Å². The standard InChI is InChI=1S/C21H25ClN2O2/c1-24(2)19(15-4-8-17(22)9-5-15)14-23-18-10-6-16(7-11-18)21(20(25)26)12-3-13-21/h4-11,19,23H,3,12-14H2,1-2H3,(H,25,26). The maximum absolute atomic E-state index is 11.6. The third-order valence-corrected chi connectivity index (χ3v) is 5.68. The number of nitrogens with zero attached hydrogens (tertiary/aromatic N) is 1. The molecule has 3 rings (SSSR count). The minimum absolute atomic E-state index is 0.212. The zero-order valence-electron chi connectivity index (χ0n) is 15.2. The first-order valence-electron chi connectivity index (χ1n) is 8.92. The number of anilines is 1. The summed E-state index contributed by atoms with van der Waals surface area (Å²) in [5, 5.41) is 13.8. The lowest BCUT2D eigenvalue weighted by molar-refractivity contribution is -0.147. The predicted octanol–water partition coefficient (Wildman–Crippen LogP) is 4.56. The molecule has 1 saturated carbocycles. The summed E-state index contributed by atoms with van der Waals surface area (Å²) >= 11 is 5.99. The smallest absolute Gasteiger partial charge is 0.314 e. The third kappa shape index (κ3) is 3.71. The second kappa shape index (κ2) is 7.68. The largest absolute Gasteiger partial charge is 0.481 e. The van der Waals surface area contributed by atoms with E-state index in [0.29, 0.717) is 0 Å². The van der Waals surface area contributed by atoms with E-state index >= 15 is 0 Å². The highest BCUT2D eigenvalue weighted by atomic mass is 35.5. The Morgan fingerprint density at radius 3 is 2.23 bits per heavy atom. The molecule has 0 heterocycles. The van der Waals surface area contributed by atoms with Gasteiger partial charge in [0.1, 0.15) is 0 Å². The van der Waals surface area contributed by atoms with Gasteiger partial charge >= 0.3 is 5.97 Å². The Labute approximate surface area is 159 Å². The highest BCUT2D eigenvalue weighted by Gasteiger charge is 2.45. The van der Waals surface area contributed by atoms with Crippen LogP contribution in [0.25, 0.3) is 0 Å². The van der Waals surface area contributed by atoms with E-state index in [-0.39, 0.29) is 6.04 Å². The molecule has 0 aromatic heterocycles. The van der Waals surface area contributed by atoms with Crippen LogP contribution in [0.5, 0.6) is 0 Å². The Hall–Kier alpha value is -2.04. The second-order valence-electron chi connectivity index (χ2n) is 7.23. The van der Waals surface area contributed by atoms with Crippen LogP contribution in [0, 0.1) is 0 Å². The van der Waals surface area contributed by atoms with E-state index in [4.69, 9.17) is 11.6 Å². The topological polar surface area (TPSA) is 52.6 Å². The molecule has 0 saturated heterocycles. The molecule has 0 spiro atoms. The van der Waals surface area contributed by atoms with Crippen LogP contribution in [0.15, 0.2) is 48.5 Å². The summed E-state index contributed by atoms with van der Waals surface area (Å²) in [4.78, 5) is 13.8. The van der Waals surface area contributed by atoms with E-state index in [1.165, 1.54) is 5.56 Å². The number of likely N-dealkylation sites (N-methyl/N-ethyl adjacent to an activating group) is 1. The number of carboxylic acid groups (broad SMARTS) is 1. The Balaban J connectivity index is 1.68. The van der Waals surface area contributed by atoms with Crippen molar-refractivity contribution in [2.45, 2.75) is 30.7 Å². The lowest BCUT2D eigenvalue weighted by Crippen LogP contribution is -2.42. The van der Waals surface area contributed by atoms with Crippen molar-refractivity contribution in [2.24, 2.45) is 0 Å². The molecular formula is C21H25ClN2O2. The molecule has 0 radical (unpaired) electrons. The fraction of sp³-hybridized carbons (Fsp3) is 0.381. The van der Waals surface area contributed by atoms with Crippen LogP contribution < -0.4 is 5.32 Å². The monoisotopic (exact) mass is 372 g/mol. The van der Waals surface area contributed by atoms with Gasteiger partial charge in [-0.15, -0.1) is 0 Å². The van der Waals surface area contributed by atoms with Gasteiger partial charge in [-0.3, -0.25) is 4.79 Å². The molecule has 1 unspecified atom stereocenters. The van der Waals surface area contributed by atoms with E-state index < -0.39 is 11.4 Å². The Kier molecular flexibility index (Phi) is 5.54. The van der Waals surface area contributed by atoms with E-state index in [0.717, 1.165) is 42.1 Å². The number of hydrogen-bond donors (Lipinski definition) is 2. The number of halogens is 1. The SMILES string of the molecule is CN(C)C(CNc1ccc(C2(C(=O)O)CCC2)cc1)c1ccc(Cl)cc1. The molecule has 138 valence electrons. The molecule has 4 nitrogen and oxygen atoms in total. The number of aliphatic carboxylic acids is 1. The van der Waals surface area contributed by atoms with Crippen LogP contribution in [0.1, 0.15) is 36.4 Å². The highest BCUT2D eigenvalue weighted by Crippen LogP contribution is 2.44. The van der Waals surface area contributed by atoms with Gasteiger partial charge in [0.25, 0.3) is 0 Å². The number of hydrogen-bond acceptors (Lipinski definition) is 3. The maximum Gasteiger partial charge on any atom is 0.314 e. The fourth-order valence-electron chi connectivity index (χ4n) is 3.56. The van der Waals surface area contributed by atoms with Gasteiger partial charge < -0.3 is 15.3 Å². The summed E-state index contributed by atoms with van der Waals surface area (Å²) in [6.45, 7) is 0.748. The summed E-state index contributed by atoms with van der Waals surface area (Å²) in [5.41, 5.74) is 2.43. The highest BCUT2D eigenvalue weighted by molar-refractivity contribution is 6.30. The summed E-state index contributed by atoms with van der Waals surface area (Å²) in [6, 6.07) is 16.0. The van der Waals surface area contributed by atoms with Crippen LogP contribution in [-0.4, -0.2) is 36.6 Å². The van der Waals surface area contributed by atoms with Crippen LogP contribution >= 0.6 is 11.6 Å². The second-order valence-corrected chi connectivity index (χ2v) is 7.67. The molecule has 2 aromatic rings. The first kappa shape index (κ1) is 18.7. The molecule has 1 fully saturated rings. The molecule has 0 amide bonds. The number of nitrogens with one attached hydrogen (secondary N) is 1. The van der Waals surface area contributed by atoms with Crippen molar-refractivity contribution in [3.63, 3.8) is 0 Å². The van der Waals surface area contributed by atoms with Gasteiger partial charge in [-0.05, 0) is 62.3 Å². The Morgan fingerprint density at radius 2 is 1.77 bits per heavy atom. The van der Waals surface area contributed by atoms with Gasteiger partial charge in [0.05, 0.1) is 11.5 Å². The average molecular weight is 373 g/mol. The first-order valence-corrected chi connectivity index (χ1v) is 9.30. The van der Waals surface area contributed by atoms with Crippen molar-refractivity contribution in [3.05, 3.63) is 64.7 Å². The van der Waals surface area contributed by atoms with Crippen molar-refractivity contribution < 1.29 is 9.90 Å². The van der Waals surface area contributed by atoms with Crippen LogP contribution in [0.2, 0.25) is 5.02 Å². The molecule has 1 aliphatic rings. The normalized spacial score (nSPS) is 16.8. The number of carbonyl (C=O) groups is 1. The Morgan fingerprint density at radius 1 is 1.15 bits per heavy atom. The molecule has 1 atom stereocenters. The van der Waals surface area contributed by atoms with Gasteiger partial charge in [-0.25, -0.2) is 0 Å². The third-order valence-electron chi connectivity index (χ3n) is 5.43. The lowest BCUT2D eigenvalue weighted by Gasteiger charge is -2.38. The van der Waals surface area contributed by atoms with Gasteiger partial charge in [0, 0.05) is 17.3 Å². The van der Waals surface area contributed by atoms with Gasteiger partial charge in [-0.1, -0.05) is 42.3 Å². The van der Waals surface area contributed by atoms with Gasteiger partial charge in [0.15, 0.2) is 0 Å². The zero-order valence-corrected chi connectivity index (χ0v) is 16.0. The van der Waals surface area contributed by atoms with Crippen molar-refractivity contribution in [2.75, 3.05) is 26.0 Å². The summed E-state index contributed by atoms with van der Waals surface area (Å²) in [5.74, 6) is -0.708. The van der Waals surface area contributed by atoms with Crippen LogP contribution in [-0.2, 0) is 10.2 Å². The minimum atomic E-state index is -0.708. The van der Waals surface area contributed by atoms with Crippen molar-refractivity contribution in [1.29, 1.82) is 0 Å². The average Bonchev–Trinajstić information content (AvgIpc) is 2.56.